The number of hydrogen-bond donors (Lipinski definition) is 1. The molecule has 4 aromatic rings. The maximum Gasteiger partial charge on any atom is 0.416 e. The molecule has 160 valence electrons. The second-order valence-corrected chi connectivity index (χ2v) is 6.83. The smallest absolute Gasteiger partial charge is 0.416 e. The van der Waals surface area contributed by atoms with Gasteiger partial charge in [-0.3, -0.25) is 0 Å². The minimum atomic E-state index is -4.44. The molecule has 32 heavy (non-hydrogen) atoms. The van der Waals surface area contributed by atoms with Gasteiger partial charge in [0.15, 0.2) is 0 Å². The number of hydrogen-bond acceptors (Lipinski definition) is 6. The van der Waals surface area contributed by atoms with Gasteiger partial charge in [0.2, 0.25) is 11.6 Å². The lowest BCUT2D eigenvalue weighted by atomic mass is 10.1. The number of hydrazone groups is 1. The summed E-state index contributed by atoms with van der Waals surface area (Å²) in [5.74, 6) is 0.881. The van der Waals surface area contributed by atoms with Gasteiger partial charge in [0.1, 0.15) is 17.6 Å². The number of halogens is 3. The Kier molecular flexibility index (Phi) is 5.52. The SMILES string of the molecule is Cc1ccc(-c2nc(C#N)c(N/N=C/c3ccc(-c4cccc(C(F)(F)F)c4)o3)o2)cc1. The zero-order chi connectivity index (χ0) is 22.7. The molecule has 1 N–H and O–H groups in total. The van der Waals surface area contributed by atoms with Crippen molar-refractivity contribution >= 4 is 12.1 Å². The van der Waals surface area contributed by atoms with Crippen LogP contribution in [0.25, 0.3) is 22.8 Å². The number of benzene rings is 2. The lowest BCUT2D eigenvalue weighted by Crippen LogP contribution is -2.04. The first kappa shape index (κ1) is 20.9. The topological polar surface area (TPSA) is 87.4 Å². The molecule has 6 nitrogen and oxygen atoms in total. The molecule has 0 unspecified atom stereocenters. The van der Waals surface area contributed by atoms with Crippen LogP contribution in [0.2, 0.25) is 0 Å². The zero-order valence-corrected chi connectivity index (χ0v) is 16.6. The molecule has 0 amide bonds. The van der Waals surface area contributed by atoms with Gasteiger partial charge >= 0.3 is 6.18 Å². The predicted molar refractivity (Wildman–Crippen MR) is 112 cm³/mol. The summed E-state index contributed by atoms with van der Waals surface area (Å²) < 4.78 is 49.9. The number of aromatic nitrogens is 1. The number of aryl methyl sites for hydroxylation is 1. The quantitative estimate of drug-likeness (QED) is 0.295. The zero-order valence-electron chi connectivity index (χ0n) is 16.6. The third-order valence-corrected chi connectivity index (χ3v) is 4.49. The van der Waals surface area contributed by atoms with Crippen molar-refractivity contribution < 1.29 is 22.0 Å². The summed E-state index contributed by atoms with van der Waals surface area (Å²) in [6.45, 7) is 1.95. The third-order valence-electron chi connectivity index (χ3n) is 4.49. The Bertz CT molecular complexity index is 1310. The Balaban J connectivity index is 1.49. The number of alkyl halides is 3. The molecule has 0 aliphatic heterocycles. The van der Waals surface area contributed by atoms with Crippen LogP contribution in [0.5, 0.6) is 0 Å². The van der Waals surface area contributed by atoms with Gasteiger partial charge in [-0.25, -0.2) is 5.43 Å². The van der Waals surface area contributed by atoms with Crippen molar-refractivity contribution in [2.24, 2.45) is 5.10 Å². The lowest BCUT2D eigenvalue weighted by Gasteiger charge is -2.07. The number of furan rings is 1. The van der Waals surface area contributed by atoms with Gasteiger partial charge in [0.25, 0.3) is 5.88 Å². The van der Waals surface area contributed by atoms with Gasteiger partial charge in [0.05, 0.1) is 11.8 Å². The van der Waals surface area contributed by atoms with Crippen LogP contribution in [0.1, 0.15) is 22.6 Å². The number of nitrogens with zero attached hydrogens (tertiary/aromatic N) is 3. The number of anilines is 1. The average molecular weight is 436 g/mol. The van der Waals surface area contributed by atoms with Crippen molar-refractivity contribution in [3.8, 4) is 28.8 Å². The average Bonchev–Trinajstić information content (AvgIpc) is 3.41. The van der Waals surface area contributed by atoms with E-state index in [0.717, 1.165) is 17.7 Å². The van der Waals surface area contributed by atoms with Crippen molar-refractivity contribution in [3.05, 3.63) is 83.2 Å². The van der Waals surface area contributed by atoms with Crippen molar-refractivity contribution in [2.75, 3.05) is 5.43 Å². The summed E-state index contributed by atoms with van der Waals surface area (Å²) in [5, 5.41) is 13.3. The van der Waals surface area contributed by atoms with Crippen LogP contribution in [-0.4, -0.2) is 11.2 Å². The van der Waals surface area contributed by atoms with Crippen molar-refractivity contribution in [1.29, 1.82) is 5.26 Å². The van der Waals surface area contributed by atoms with E-state index < -0.39 is 11.7 Å². The van der Waals surface area contributed by atoms with Gasteiger partial charge in [-0.2, -0.15) is 28.5 Å². The molecule has 9 heteroatoms. The molecule has 4 rings (SSSR count). The van der Waals surface area contributed by atoms with Gasteiger partial charge in [0, 0.05) is 11.1 Å². The van der Waals surface area contributed by atoms with Gasteiger partial charge in [-0.1, -0.05) is 29.8 Å². The Hall–Kier alpha value is -4.32. The highest BCUT2D eigenvalue weighted by Gasteiger charge is 2.30. The fourth-order valence-corrected chi connectivity index (χ4v) is 2.87. The van der Waals surface area contributed by atoms with E-state index >= 15 is 0 Å². The Morgan fingerprint density at radius 1 is 1.03 bits per heavy atom. The molecule has 0 spiro atoms. The molecule has 2 heterocycles. The summed E-state index contributed by atoms with van der Waals surface area (Å²) in [6, 6.07) is 17.3. The molecule has 2 aromatic heterocycles. The Morgan fingerprint density at radius 2 is 1.81 bits per heavy atom. The van der Waals surface area contributed by atoms with Gasteiger partial charge in [-0.05, 0) is 43.3 Å². The summed E-state index contributed by atoms with van der Waals surface area (Å²) in [4.78, 5) is 4.15. The van der Waals surface area contributed by atoms with E-state index in [2.05, 4.69) is 15.5 Å². The van der Waals surface area contributed by atoms with Crippen LogP contribution in [0.15, 0.2) is 74.6 Å². The highest BCUT2D eigenvalue weighted by molar-refractivity contribution is 5.78. The number of nitrogens with one attached hydrogen (secondary N) is 1. The third kappa shape index (κ3) is 4.54. The molecule has 0 fully saturated rings. The first-order valence-electron chi connectivity index (χ1n) is 9.38. The normalized spacial score (nSPS) is 11.6. The van der Waals surface area contributed by atoms with Crippen molar-refractivity contribution in [2.45, 2.75) is 13.1 Å². The highest BCUT2D eigenvalue weighted by Crippen LogP contribution is 2.32. The molecule has 2 aromatic carbocycles. The minimum absolute atomic E-state index is 0.0295. The molecule has 0 aliphatic rings. The van der Waals surface area contributed by atoms with Crippen LogP contribution >= 0.6 is 0 Å². The predicted octanol–water partition coefficient (Wildman–Crippen LogP) is 6.25. The minimum Gasteiger partial charge on any atom is -0.455 e. The van der Waals surface area contributed by atoms with E-state index in [1.54, 1.807) is 12.1 Å². The van der Waals surface area contributed by atoms with Gasteiger partial charge < -0.3 is 8.83 Å². The molecule has 0 aliphatic carbocycles. The largest absolute Gasteiger partial charge is 0.455 e. The number of rotatable bonds is 5. The summed E-state index contributed by atoms with van der Waals surface area (Å²) in [6.07, 6.45) is -3.13. The molecule has 0 saturated carbocycles. The fraction of sp³-hybridized carbons (Fsp3) is 0.0870. The summed E-state index contributed by atoms with van der Waals surface area (Å²) in [7, 11) is 0. The number of nitriles is 1. The maximum atomic E-state index is 12.9. The molecular weight excluding hydrogens is 421 g/mol. The van der Waals surface area contributed by atoms with E-state index in [1.165, 1.54) is 18.3 Å². The maximum absolute atomic E-state index is 12.9. The van der Waals surface area contributed by atoms with Crippen molar-refractivity contribution in [3.63, 3.8) is 0 Å². The van der Waals surface area contributed by atoms with Crippen LogP contribution in [0.3, 0.4) is 0 Å². The molecule has 0 bridgehead atoms. The Labute approximate surface area is 180 Å². The lowest BCUT2D eigenvalue weighted by molar-refractivity contribution is -0.137. The van der Waals surface area contributed by atoms with Crippen LogP contribution in [0, 0.1) is 18.3 Å². The van der Waals surface area contributed by atoms with Crippen LogP contribution < -0.4 is 5.43 Å². The number of oxazole rings is 1. The molecular formula is C23H15F3N4O2. The second kappa shape index (κ2) is 8.43. The first-order valence-corrected chi connectivity index (χ1v) is 9.38. The van der Waals surface area contributed by atoms with E-state index in [1.807, 2.05) is 37.3 Å². The van der Waals surface area contributed by atoms with Crippen LogP contribution in [0.4, 0.5) is 19.1 Å². The van der Waals surface area contributed by atoms with Crippen molar-refractivity contribution in [1.82, 2.24) is 4.98 Å². The first-order chi connectivity index (χ1) is 15.3. The second-order valence-electron chi connectivity index (χ2n) is 6.83. The van der Waals surface area contributed by atoms with Gasteiger partial charge in [-0.15, -0.1) is 0 Å². The van der Waals surface area contributed by atoms with E-state index in [4.69, 9.17) is 8.83 Å². The highest BCUT2D eigenvalue weighted by atomic mass is 19.4. The van der Waals surface area contributed by atoms with E-state index in [9.17, 15) is 18.4 Å². The molecule has 0 saturated heterocycles. The molecule has 0 radical (unpaired) electrons. The summed E-state index contributed by atoms with van der Waals surface area (Å²) in [5.41, 5.74) is 3.94. The molecule has 0 atom stereocenters. The fourth-order valence-electron chi connectivity index (χ4n) is 2.87. The standard InChI is InChI=1S/C23H15F3N4O2/c1-14-5-7-15(8-6-14)21-29-19(12-27)22(32-21)30-28-13-18-9-10-20(31-18)16-3-2-4-17(11-16)23(24,25)26/h2-11,13,30H,1H3/b28-13+. The monoisotopic (exact) mass is 436 g/mol. The summed E-state index contributed by atoms with van der Waals surface area (Å²) >= 11 is 0. The van der Waals surface area contributed by atoms with E-state index in [0.29, 0.717) is 11.3 Å². The Morgan fingerprint density at radius 3 is 2.53 bits per heavy atom. The van der Waals surface area contributed by atoms with Crippen LogP contribution in [-0.2, 0) is 6.18 Å². The van der Waals surface area contributed by atoms with E-state index in [-0.39, 0.29) is 28.8 Å².